The van der Waals surface area contributed by atoms with E-state index in [1.807, 2.05) is 73.1 Å². The average molecular weight is 682 g/mol. The maximum atomic E-state index is 13.6. The van der Waals surface area contributed by atoms with Gasteiger partial charge in [0.05, 0.1) is 11.5 Å². The van der Waals surface area contributed by atoms with Crippen molar-refractivity contribution in [1.82, 2.24) is 14.9 Å². The number of carbonyl (C=O) groups excluding carboxylic acids is 2. The molecule has 0 aliphatic carbocycles. The SMILES string of the molecule is CCCCCCCOc1ccc(-c2cnc(-c3ccc(C[C@H](CC(=O)c4ccc(C(C)(C)C)s4)C(=O)N4CC[C@H]4C(=O)O)cc3)nc2)cc1. The highest BCUT2D eigenvalue weighted by atomic mass is 32.1. The first-order chi connectivity index (χ1) is 23.5. The summed E-state index contributed by atoms with van der Waals surface area (Å²) < 4.78 is 5.89. The van der Waals surface area contributed by atoms with Crippen molar-refractivity contribution in [3.05, 3.63) is 88.4 Å². The summed E-state index contributed by atoms with van der Waals surface area (Å²) >= 11 is 1.46. The van der Waals surface area contributed by atoms with Crippen molar-refractivity contribution in [2.24, 2.45) is 5.92 Å². The molecule has 1 fully saturated rings. The third-order valence-electron chi connectivity index (χ3n) is 9.04. The van der Waals surface area contributed by atoms with Crippen LogP contribution >= 0.6 is 11.3 Å². The zero-order valence-corrected chi connectivity index (χ0v) is 29.8. The Morgan fingerprint density at radius 1 is 0.898 bits per heavy atom. The molecule has 2 aromatic carbocycles. The van der Waals surface area contributed by atoms with Crippen LogP contribution in [-0.2, 0) is 21.4 Å². The highest BCUT2D eigenvalue weighted by Gasteiger charge is 2.40. The van der Waals surface area contributed by atoms with Crippen LogP contribution in [0.5, 0.6) is 5.75 Å². The quantitative estimate of drug-likeness (QED) is 0.0931. The molecule has 9 heteroatoms. The fourth-order valence-corrected chi connectivity index (χ4v) is 6.96. The predicted molar refractivity (Wildman–Crippen MR) is 194 cm³/mol. The molecule has 0 bridgehead atoms. The van der Waals surface area contributed by atoms with Crippen LogP contribution in [0.2, 0.25) is 0 Å². The van der Waals surface area contributed by atoms with Gasteiger partial charge in [0.1, 0.15) is 11.8 Å². The normalized spacial score (nSPS) is 15.0. The van der Waals surface area contributed by atoms with Crippen LogP contribution in [-0.4, -0.2) is 56.8 Å². The van der Waals surface area contributed by atoms with E-state index < -0.39 is 17.9 Å². The Labute approximate surface area is 293 Å². The van der Waals surface area contributed by atoms with Crippen molar-refractivity contribution < 1.29 is 24.2 Å². The van der Waals surface area contributed by atoms with Crippen molar-refractivity contribution in [3.63, 3.8) is 0 Å². The smallest absolute Gasteiger partial charge is 0.326 e. The minimum absolute atomic E-state index is 0.0181. The second-order valence-electron chi connectivity index (χ2n) is 13.9. The Morgan fingerprint density at radius 2 is 1.57 bits per heavy atom. The fraction of sp³-hybridized carbons (Fsp3) is 0.425. The number of benzene rings is 2. The largest absolute Gasteiger partial charge is 0.494 e. The van der Waals surface area contributed by atoms with E-state index in [0.717, 1.165) is 45.9 Å². The molecule has 0 unspecified atom stereocenters. The van der Waals surface area contributed by atoms with E-state index in [1.165, 1.54) is 41.9 Å². The number of likely N-dealkylation sites (tertiary alicyclic amines) is 1. The van der Waals surface area contributed by atoms with Crippen molar-refractivity contribution in [2.45, 2.75) is 90.5 Å². The summed E-state index contributed by atoms with van der Waals surface area (Å²) in [5.74, 6) is -0.626. The highest BCUT2D eigenvalue weighted by Crippen LogP contribution is 2.32. The summed E-state index contributed by atoms with van der Waals surface area (Å²) in [5, 5.41) is 9.57. The van der Waals surface area contributed by atoms with Crippen LogP contribution < -0.4 is 4.74 Å². The third kappa shape index (κ3) is 9.41. The molecular weight excluding hydrogens is 635 g/mol. The molecule has 1 aliphatic heterocycles. The lowest BCUT2D eigenvalue weighted by Gasteiger charge is -2.40. The minimum atomic E-state index is -1.01. The first kappa shape index (κ1) is 35.9. The summed E-state index contributed by atoms with van der Waals surface area (Å²) in [6.07, 6.45) is 10.4. The molecular formula is C40H47N3O5S. The van der Waals surface area contributed by atoms with Crippen LogP contribution in [0.15, 0.2) is 73.1 Å². The molecule has 1 N–H and O–H groups in total. The molecule has 258 valence electrons. The summed E-state index contributed by atoms with van der Waals surface area (Å²) in [7, 11) is 0. The Bertz CT molecular complexity index is 1710. The first-order valence-electron chi connectivity index (χ1n) is 17.3. The van der Waals surface area contributed by atoms with E-state index in [-0.39, 0.29) is 23.5 Å². The molecule has 5 rings (SSSR count). The lowest BCUT2D eigenvalue weighted by Crippen LogP contribution is -2.57. The van der Waals surface area contributed by atoms with Crippen LogP contribution in [0.25, 0.3) is 22.5 Å². The number of hydrogen-bond acceptors (Lipinski definition) is 7. The predicted octanol–water partition coefficient (Wildman–Crippen LogP) is 8.64. The van der Waals surface area contributed by atoms with Gasteiger partial charge in [-0.05, 0) is 60.1 Å². The van der Waals surface area contributed by atoms with Gasteiger partial charge >= 0.3 is 5.97 Å². The molecule has 1 amide bonds. The van der Waals surface area contributed by atoms with E-state index in [2.05, 4.69) is 37.7 Å². The molecule has 4 aromatic rings. The van der Waals surface area contributed by atoms with E-state index in [0.29, 0.717) is 30.1 Å². The number of carbonyl (C=O) groups is 3. The molecule has 3 heterocycles. The maximum Gasteiger partial charge on any atom is 0.326 e. The number of Topliss-reactive ketones (excluding diaryl/α,β-unsaturated/α-hetero) is 1. The Hall–Kier alpha value is -4.37. The second kappa shape index (κ2) is 16.4. The van der Waals surface area contributed by atoms with Crippen LogP contribution in [0.1, 0.15) is 92.8 Å². The van der Waals surface area contributed by atoms with Gasteiger partial charge in [0.2, 0.25) is 5.91 Å². The second-order valence-corrected chi connectivity index (χ2v) is 15.0. The molecule has 0 spiro atoms. The number of unbranched alkanes of at least 4 members (excludes halogenated alkanes) is 4. The highest BCUT2D eigenvalue weighted by molar-refractivity contribution is 7.14. The van der Waals surface area contributed by atoms with Crippen molar-refractivity contribution in [3.8, 4) is 28.3 Å². The number of ketones is 1. The Balaban J connectivity index is 1.23. The number of ether oxygens (including phenoxy) is 1. The van der Waals surface area contributed by atoms with Crippen LogP contribution in [0, 0.1) is 5.92 Å². The molecule has 1 aliphatic rings. The number of amides is 1. The molecule has 1 saturated heterocycles. The summed E-state index contributed by atoms with van der Waals surface area (Å²) in [6.45, 7) is 9.63. The number of nitrogens with zero attached hydrogens (tertiary/aromatic N) is 3. The van der Waals surface area contributed by atoms with Crippen LogP contribution in [0.3, 0.4) is 0 Å². The van der Waals surface area contributed by atoms with Crippen molar-refractivity contribution in [2.75, 3.05) is 13.2 Å². The summed E-state index contributed by atoms with van der Waals surface area (Å²) in [5.41, 5.74) is 3.54. The molecule has 2 atom stereocenters. The number of hydrogen-bond donors (Lipinski definition) is 1. The fourth-order valence-electron chi connectivity index (χ4n) is 5.94. The zero-order chi connectivity index (χ0) is 35.0. The van der Waals surface area contributed by atoms with Gasteiger partial charge in [-0.1, -0.05) is 89.8 Å². The van der Waals surface area contributed by atoms with Gasteiger partial charge in [-0.15, -0.1) is 11.3 Å². The molecule has 0 saturated carbocycles. The Kier molecular flexibility index (Phi) is 12.0. The first-order valence-corrected chi connectivity index (χ1v) is 18.2. The van der Waals surface area contributed by atoms with Gasteiger partial charge in [0, 0.05) is 47.3 Å². The number of carboxylic acid groups (broad SMARTS) is 1. The van der Waals surface area contributed by atoms with Gasteiger partial charge in [0.25, 0.3) is 0 Å². The van der Waals surface area contributed by atoms with Crippen molar-refractivity contribution >= 4 is 29.0 Å². The van der Waals surface area contributed by atoms with E-state index >= 15 is 0 Å². The molecule has 8 nitrogen and oxygen atoms in total. The van der Waals surface area contributed by atoms with Gasteiger partial charge in [-0.2, -0.15) is 0 Å². The van der Waals surface area contributed by atoms with Gasteiger partial charge in [-0.3, -0.25) is 9.59 Å². The Morgan fingerprint density at radius 3 is 2.16 bits per heavy atom. The van der Waals surface area contributed by atoms with Crippen molar-refractivity contribution in [1.29, 1.82) is 0 Å². The van der Waals surface area contributed by atoms with Gasteiger partial charge in [-0.25, -0.2) is 14.8 Å². The molecule has 2 aromatic heterocycles. The number of rotatable bonds is 16. The van der Waals surface area contributed by atoms with E-state index in [9.17, 15) is 19.5 Å². The number of aliphatic carboxylic acids is 1. The minimum Gasteiger partial charge on any atom is -0.494 e. The molecule has 0 radical (unpaired) electrons. The third-order valence-corrected chi connectivity index (χ3v) is 10.6. The monoisotopic (exact) mass is 681 g/mol. The van der Waals surface area contributed by atoms with E-state index in [1.54, 1.807) is 0 Å². The lowest BCUT2D eigenvalue weighted by molar-refractivity contribution is -0.159. The lowest BCUT2D eigenvalue weighted by atomic mass is 9.89. The topological polar surface area (TPSA) is 110 Å². The average Bonchev–Trinajstić information content (AvgIpc) is 3.58. The van der Waals surface area contributed by atoms with E-state index in [4.69, 9.17) is 4.74 Å². The zero-order valence-electron chi connectivity index (χ0n) is 29.0. The summed E-state index contributed by atoms with van der Waals surface area (Å²) in [6, 6.07) is 18.6. The number of carboxylic acids is 1. The van der Waals surface area contributed by atoms with Gasteiger partial charge < -0.3 is 14.7 Å². The standard InChI is InChI=1S/C40H47N3O5S/c1-5-6-7-8-9-22-48-32-16-14-28(15-17-32)31-25-41-37(42-26-31)29-12-10-27(11-13-29)23-30(38(45)43-21-20-33(43)39(46)47)24-34(44)35-18-19-36(49-35)40(2,3)4/h10-19,25-26,30,33H,5-9,20-24H2,1-4H3,(H,46,47)/t30-,33+/m1/s1. The van der Waals surface area contributed by atoms with Crippen LogP contribution in [0.4, 0.5) is 0 Å². The number of aromatic nitrogens is 2. The maximum absolute atomic E-state index is 13.6. The summed E-state index contributed by atoms with van der Waals surface area (Å²) in [4.78, 5) is 51.0. The van der Waals surface area contributed by atoms with Gasteiger partial charge in [0.15, 0.2) is 11.6 Å². The number of thiophene rings is 1. The molecule has 49 heavy (non-hydrogen) atoms.